The first-order valence-corrected chi connectivity index (χ1v) is 15.3. The Balaban J connectivity index is 0.000000214. The number of rotatable bonds is 4. The predicted octanol–water partition coefficient (Wildman–Crippen LogP) is 6.66. The zero-order valence-corrected chi connectivity index (χ0v) is 26.7. The topological polar surface area (TPSA) is 96.3 Å². The van der Waals surface area contributed by atoms with Crippen LogP contribution < -0.4 is 14.4 Å². The summed E-state index contributed by atoms with van der Waals surface area (Å²) in [4.78, 5) is 24.4. The molecule has 7 nitrogen and oxygen atoms in total. The second-order valence-electron chi connectivity index (χ2n) is 12.6. The average molecular weight is 606 g/mol. The minimum Gasteiger partial charge on any atom is -0.493 e. The second kappa shape index (κ2) is 13.8. The summed E-state index contributed by atoms with van der Waals surface area (Å²) in [6.07, 6.45) is 5.30. The molecule has 44 heavy (non-hydrogen) atoms. The molecule has 0 aliphatic carbocycles. The van der Waals surface area contributed by atoms with Crippen LogP contribution in [0.15, 0.2) is 30.3 Å². The van der Waals surface area contributed by atoms with E-state index in [1.165, 1.54) is 6.07 Å². The van der Waals surface area contributed by atoms with E-state index in [1.807, 2.05) is 39.1 Å². The molecule has 0 radical (unpaired) electrons. The first kappa shape index (κ1) is 33.0. The Hall–Kier alpha value is -3.91. The summed E-state index contributed by atoms with van der Waals surface area (Å²) in [6, 6.07) is 9.21. The van der Waals surface area contributed by atoms with Crippen molar-refractivity contribution >= 4 is 17.9 Å². The number of aliphatic carboxylic acids is 1. The number of aldehydes is 1. The van der Waals surface area contributed by atoms with Gasteiger partial charge in [-0.25, -0.2) is 4.39 Å². The number of anilines is 1. The minimum atomic E-state index is -0.870. The summed E-state index contributed by atoms with van der Waals surface area (Å²) in [5.74, 6) is 0.0211. The van der Waals surface area contributed by atoms with Crippen LogP contribution in [0.3, 0.4) is 0 Å². The fraction of sp³-hybridized carbons (Fsp3) is 0.444. The Labute approximate surface area is 259 Å². The standard InChI is InChI=1S/C22H24FNO3.C10H10O2.C4H10O/c1-12-9-19-15(6-7-24(19)3)21(16(12)11-20(25)26)17-10-18(23)22-14(13(17)2)5-4-8-27-22;11-7-8-3-1-5-10-9(8)4-2-6-12-10;1-4(2,3)5/h9-10H,4-8,11H2,1-3H3,(H,25,26);1,3,5,7H,2,4,6H2;5H,1-3H3. The van der Waals surface area contributed by atoms with E-state index in [4.69, 9.17) is 14.6 Å². The number of carbonyl (C=O) groups is 2. The molecule has 0 spiro atoms. The average Bonchev–Trinajstić information content (AvgIpc) is 3.34. The van der Waals surface area contributed by atoms with Crippen molar-refractivity contribution in [3.63, 3.8) is 0 Å². The lowest BCUT2D eigenvalue weighted by Gasteiger charge is -2.25. The van der Waals surface area contributed by atoms with Crippen molar-refractivity contribution in [1.29, 1.82) is 0 Å². The van der Waals surface area contributed by atoms with Gasteiger partial charge in [-0.15, -0.1) is 0 Å². The fourth-order valence-corrected chi connectivity index (χ4v) is 6.03. The Morgan fingerprint density at radius 3 is 2.34 bits per heavy atom. The molecule has 0 amide bonds. The van der Waals surface area contributed by atoms with Crippen molar-refractivity contribution in [2.45, 2.75) is 78.7 Å². The molecule has 0 bridgehead atoms. The van der Waals surface area contributed by atoms with Gasteiger partial charge in [-0.2, -0.15) is 0 Å². The van der Waals surface area contributed by atoms with Crippen molar-refractivity contribution in [3.8, 4) is 22.6 Å². The highest BCUT2D eigenvalue weighted by molar-refractivity contribution is 5.86. The molecule has 0 aromatic heterocycles. The number of likely N-dealkylation sites (N-methyl/N-ethyl adjacent to an activating group) is 1. The fourth-order valence-electron chi connectivity index (χ4n) is 6.03. The molecular formula is C36H44FNO6. The van der Waals surface area contributed by atoms with Crippen LogP contribution in [-0.4, -0.2) is 54.9 Å². The lowest BCUT2D eigenvalue weighted by atomic mass is 9.84. The summed E-state index contributed by atoms with van der Waals surface area (Å²) in [5, 5.41) is 18.0. The molecule has 0 atom stereocenters. The molecule has 3 aliphatic rings. The third-order valence-electron chi connectivity index (χ3n) is 8.01. The largest absolute Gasteiger partial charge is 0.493 e. The van der Waals surface area contributed by atoms with Gasteiger partial charge in [0, 0.05) is 36.0 Å². The van der Waals surface area contributed by atoms with Crippen molar-refractivity contribution in [2.24, 2.45) is 0 Å². The van der Waals surface area contributed by atoms with Crippen LogP contribution in [0.25, 0.3) is 11.1 Å². The monoisotopic (exact) mass is 605 g/mol. The van der Waals surface area contributed by atoms with Crippen molar-refractivity contribution in [3.05, 3.63) is 75.1 Å². The summed E-state index contributed by atoms with van der Waals surface area (Å²) in [6.45, 7) is 11.4. The van der Waals surface area contributed by atoms with E-state index in [1.54, 1.807) is 20.8 Å². The van der Waals surface area contributed by atoms with Crippen molar-refractivity contribution < 1.29 is 33.7 Å². The molecule has 3 aliphatic heterocycles. The third kappa shape index (κ3) is 7.59. The molecule has 0 unspecified atom stereocenters. The van der Waals surface area contributed by atoms with Crippen LogP contribution in [0.5, 0.6) is 11.5 Å². The van der Waals surface area contributed by atoms with Crippen LogP contribution >= 0.6 is 0 Å². The quantitative estimate of drug-likeness (QED) is 0.321. The van der Waals surface area contributed by atoms with E-state index in [9.17, 15) is 19.1 Å². The zero-order valence-electron chi connectivity index (χ0n) is 26.7. The number of carboxylic acids is 1. The number of ether oxygens (including phenoxy) is 2. The van der Waals surface area contributed by atoms with Gasteiger partial charge >= 0.3 is 5.97 Å². The molecule has 3 heterocycles. The molecule has 3 aromatic rings. The molecule has 0 fully saturated rings. The van der Waals surface area contributed by atoms with Crippen LogP contribution in [0, 0.1) is 19.7 Å². The van der Waals surface area contributed by atoms with Gasteiger partial charge in [0.15, 0.2) is 11.6 Å². The van der Waals surface area contributed by atoms with Crippen LogP contribution in [0.1, 0.15) is 77.4 Å². The normalized spacial score (nSPS) is 14.8. The van der Waals surface area contributed by atoms with Crippen LogP contribution in [0.2, 0.25) is 0 Å². The highest BCUT2D eigenvalue weighted by Crippen LogP contribution is 2.44. The van der Waals surface area contributed by atoms with Crippen LogP contribution in [-0.2, 0) is 30.5 Å². The van der Waals surface area contributed by atoms with Gasteiger partial charge in [0.05, 0.1) is 25.2 Å². The maximum atomic E-state index is 14.9. The number of hydrogen-bond acceptors (Lipinski definition) is 6. The van der Waals surface area contributed by atoms with E-state index >= 15 is 0 Å². The molecular weight excluding hydrogens is 561 g/mol. The Morgan fingerprint density at radius 2 is 1.68 bits per heavy atom. The molecule has 2 N–H and O–H groups in total. The van der Waals surface area contributed by atoms with Crippen molar-refractivity contribution in [2.75, 3.05) is 31.7 Å². The van der Waals surface area contributed by atoms with E-state index in [2.05, 4.69) is 11.0 Å². The lowest BCUT2D eigenvalue weighted by molar-refractivity contribution is -0.136. The molecule has 0 saturated carbocycles. The number of hydrogen-bond donors (Lipinski definition) is 2. The smallest absolute Gasteiger partial charge is 0.307 e. The van der Waals surface area contributed by atoms with Gasteiger partial charge < -0.3 is 24.6 Å². The SMILES string of the molecule is CC(C)(C)O.Cc1cc2c(c(-c3cc(F)c4c(c3C)CCCO4)c1CC(=O)O)CCN2C.O=Cc1cccc2c1CCCO2. The van der Waals surface area contributed by atoms with Crippen LogP contribution in [0.4, 0.5) is 10.1 Å². The van der Waals surface area contributed by atoms with E-state index < -0.39 is 11.6 Å². The maximum Gasteiger partial charge on any atom is 0.307 e. The lowest BCUT2D eigenvalue weighted by Crippen LogP contribution is -2.14. The van der Waals surface area contributed by atoms with Crippen molar-refractivity contribution in [1.82, 2.24) is 0 Å². The molecule has 236 valence electrons. The van der Waals surface area contributed by atoms with E-state index in [0.29, 0.717) is 12.4 Å². The highest BCUT2D eigenvalue weighted by Gasteiger charge is 2.28. The number of aryl methyl sites for hydroxylation is 1. The highest BCUT2D eigenvalue weighted by atomic mass is 19.1. The van der Waals surface area contributed by atoms with Gasteiger partial charge in [0.2, 0.25) is 0 Å². The molecule has 6 rings (SSSR count). The number of halogens is 1. The predicted molar refractivity (Wildman–Crippen MR) is 171 cm³/mol. The number of carbonyl (C=O) groups excluding carboxylic acids is 1. The first-order chi connectivity index (χ1) is 20.8. The second-order valence-corrected chi connectivity index (χ2v) is 12.6. The number of aliphatic hydroxyl groups is 1. The number of carboxylic acid groups (broad SMARTS) is 1. The summed E-state index contributed by atoms with van der Waals surface area (Å²) >= 11 is 0. The van der Waals surface area contributed by atoms with E-state index in [0.717, 1.165) is 113 Å². The van der Waals surface area contributed by atoms with Gasteiger partial charge in [-0.1, -0.05) is 12.1 Å². The number of nitrogens with zero attached hydrogens (tertiary/aromatic N) is 1. The zero-order chi connectivity index (χ0) is 32.2. The van der Waals surface area contributed by atoms with E-state index in [-0.39, 0.29) is 12.2 Å². The Morgan fingerprint density at radius 1 is 1.02 bits per heavy atom. The van der Waals surface area contributed by atoms with Gasteiger partial charge in [0.1, 0.15) is 12.0 Å². The van der Waals surface area contributed by atoms with Gasteiger partial charge in [0.25, 0.3) is 0 Å². The molecule has 0 saturated heterocycles. The third-order valence-corrected chi connectivity index (χ3v) is 8.01. The molecule has 3 aromatic carbocycles. The maximum absolute atomic E-state index is 14.9. The summed E-state index contributed by atoms with van der Waals surface area (Å²) in [7, 11) is 2.04. The Kier molecular flexibility index (Phi) is 10.4. The van der Waals surface area contributed by atoms with Gasteiger partial charge in [-0.3, -0.25) is 9.59 Å². The summed E-state index contributed by atoms with van der Waals surface area (Å²) < 4.78 is 25.9. The number of benzene rings is 3. The Bertz CT molecular complexity index is 1540. The molecule has 8 heteroatoms. The summed E-state index contributed by atoms with van der Waals surface area (Å²) in [5.41, 5.74) is 8.93. The minimum absolute atomic E-state index is 0.0627. The first-order valence-electron chi connectivity index (χ1n) is 15.3. The van der Waals surface area contributed by atoms with Gasteiger partial charge in [-0.05, 0) is 118 Å². The number of fused-ring (bicyclic) bond motifs is 3.